The molecule has 2 aliphatic heterocycles. The van der Waals surface area contributed by atoms with Crippen molar-refractivity contribution in [3.05, 3.63) is 18.2 Å². The van der Waals surface area contributed by atoms with Gasteiger partial charge in [0, 0.05) is 19.1 Å². The van der Waals surface area contributed by atoms with E-state index in [2.05, 4.69) is 32.8 Å². The average molecular weight is 319 g/mol. The Balaban J connectivity index is 1.62. The van der Waals surface area contributed by atoms with Gasteiger partial charge in [0.25, 0.3) is 0 Å². The third-order valence-corrected chi connectivity index (χ3v) is 4.86. The van der Waals surface area contributed by atoms with Crippen LogP contribution in [0.5, 0.6) is 0 Å². The predicted octanol–water partition coefficient (Wildman–Crippen LogP) is 2.41. The Morgan fingerprint density at radius 3 is 3.09 bits per heavy atom. The van der Waals surface area contributed by atoms with Crippen LogP contribution in [0.25, 0.3) is 0 Å². The number of hydrogen-bond acceptors (Lipinski definition) is 5. The molecule has 0 spiro atoms. The summed E-state index contributed by atoms with van der Waals surface area (Å²) in [7, 11) is 0. The minimum absolute atomic E-state index is 0.0215. The normalized spacial score (nSPS) is 23.0. The van der Waals surface area contributed by atoms with Gasteiger partial charge in [0.15, 0.2) is 0 Å². The highest BCUT2D eigenvalue weighted by Crippen LogP contribution is 2.38. The fraction of sp³-hybridized carbons (Fsp3) is 0.533. The van der Waals surface area contributed by atoms with E-state index in [1.165, 1.54) is 0 Å². The Kier molecular flexibility index (Phi) is 4.12. The van der Waals surface area contributed by atoms with Gasteiger partial charge in [-0.3, -0.25) is 9.69 Å². The lowest BCUT2D eigenvalue weighted by Gasteiger charge is -2.42. The standard InChI is InChI=1S/C15H21N5OS/c1-15(2)9-20(7-6-12(15)16)8-13(21)17-10-4-3-5-11-14(10)19-22-18-11/h3-5,12H,6-9,16H2,1-2H3,(H,17,21). The summed E-state index contributed by atoms with van der Waals surface area (Å²) in [5, 5.41) is 2.95. The van der Waals surface area contributed by atoms with Crippen molar-refractivity contribution in [2.24, 2.45) is 19.9 Å². The van der Waals surface area contributed by atoms with Crippen LogP contribution < -0.4 is 11.1 Å². The van der Waals surface area contributed by atoms with Gasteiger partial charge in [0.05, 0.1) is 23.6 Å². The Morgan fingerprint density at radius 1 is 1.50 bits per heavy atom. The SMILES string of the molecule is CC1(C)CN(CC(=O)Nc2cccc3c2N=S=N3)CCC1N. The highest BCUT2D eigenvalue weighted by atomic mass is 32.1. The number of nitrogens with zero attached hydrogens (tertiary/aromatic N) is 3. The molecule has 0 aliphatic carbocycles. The van der Waals surface area contributed by atoms with Crippen LogP contribution in [0.3, 0.4) is 0 Å². The van der Waals surface area contributed by atoms with Crippen molar-refractivity contribution in [1.82, 2.24) is 4.90 Å². The van der Waals surface area contributed by atoms with Gasteiger partial charge in [-0.15, -0.1) is 0 Å². The van der Waals surface area contributed by atoms with Crippen LogP contribution in [0.2, 0.25) is 0 Å². The topological polar surface area (TPSA) is 83.1 Å². The molecule has 1 amide bonds. The van der Waals surface area contributed by atoms with Crippen molar-refractivity contribution in [1.29, 1.82) is 0 Å². The van der Waals surface area contributed by atoms with Crippen LogP contribution in [0.1, 0.15) is 20.3 Å². The monoisotopic (exact) mass is 319 g/mol. The second-order valence-corrected chi connectivity index (χ2v) is 7.11. The van der Waals surface area contributed by atoms with Crippen LogP contribution in [-0.4, -0.2) is 36.5 Å². The lowest BCUT2D eigenvalue weighted by atomic mass is 9.80. The van der Waals surface area contributed by atoms with E-state index in [1.807, 2.05) is 18.2 Å². The quantitative estimate of drug-likeness (QED) is 0.911. The van der Waals surface area contributed by atoms with Crippen molar-refractivity contribution in [3.8, 4) is 0 Å². The van der Waals surface area contributed by atoms with Crippen LogP contribution in [0.4, 0.5) is 17.1 Å². The molecule has 0 bridgehead atoms. The highest BCUT2D eigenvalue weighted by Gasteiger charge is 2.33. The van der Waals surface area contributed by atoms with Gasteiger partial charge in [0.1, 0.15) is 11.4 Å². The maximum absolute atomic E-state index is 12.3. The molecule has 1 saturated heterocycles. The van der Waals surface area contributed by atoms with Gasteiger partial charge in [-0.1, -0.05) is 19.9 Å². The van der Waals surface area contributed by atoms with Crippen molar-refractivity contribution in [2.45, 2.75) is 26.3 Å². The van der Waals surface area contributed by atoms with E-state index in [0.717, 1.165) is 47.9 Å². The van der Waals surface area contributed by atoms with Gasteiger partial charge in [-0.05, 0) is 24.0 Å². The summed E-state index contributed by atoms with van der Waals surface area (Å²) in [4.78, 5) is 14.5. The molecule has 2 aliphatic rings. The summed E-state index contributed by atoms with van der Waals surface area (Å²) in [6.45, 7) is 6.39. The molecule has 0 saturated carbocycles. The van der Waals surface area contributed by atoms with Crippen molar-refractivity contribution >= 4 is 34.3 Å². The third-order valence-electron chi connectivity index (χ3n) is 4.32. The number of carbonyl (C=O) groups is 1. The van der Waals surface area contributed by atoms with Crippen LogP contribution in [0, 0.1) is 5.41 Å². The van der Waals surface area contributed by atoms with E-state index < -0.39 is 0 Å². The molecule has 3 rings (SSSR count). The zero-order chi connectivity index (χ0) is 15.7. The summed E-state index contributed by atoms with van der Waals surface area (Å²) in [6.07, 6.45) is 0.922. The van der Waals surface area contributed by atoms with Crippen molar-refractivity contribution in [3.63, 3.8) is 0 Å². The Morgan fingerprint density at radius 2 is 2.32 bits per heavy atom. The first-order valence-corrected chi connectivity index (χ1v) is 8.18. The minimum Gasteiger partial charge on any atom is -0.327 e. The second kappa shape index (κ2) is 5.91. The van der Waals surface area contributed by atoms with E-state index >= 15 is 0 Å². The highest BCUT2D eigenvalue weighted by molar-refractivity contribution is 7.58. The maximum Gasteiger partial charge on any atom is 0.238 e. The first-order chi connectivity index (χ1) is 10.5. The number of fused-ring (bicyclic) bond motifs is 1. The largest absolute Gasteiger partial charge is 0.327 e. The molecule has 0 radical (unpaired) electrons. The number of carbonyl (C=O) groups excluding carboxylic acids is 1. The summed E-state index contributed by atoms with van der Waals surface area (Å²) in [6, 6.07) is 5.82. The fourth-order valence-corrected chi connectivity index (χ4v) is 3.47. The molecule has 118 valence electrons. The molecule has 22 heavy (non-hydrogen) atoms. The molecule has 0 aromatic heterocycles. The van der Waals surface area contributed by atoms with E-state index in [-0.39, 0.29) is 17.4 Å². The fourth-order valence-electron chi connectivity index (χ4n) is 2.92. The van der Waals surface area contributed by atoms with E-state index in [0.29, 0.717) is 6.54 Å². The molecule has 1 atom stereocenters. The molecule has 1 fully saturated rings. The first-order valence-electron chi connectivity index (χ1n) is 7.45. The number of hydrogen-bond donors (Lipinski definition) is 2. The van der Waals surface area contributed by atoms with Crippen LogP contribution in [-0.2, 0) is 16.1 Å². The van der Waals surface area contributed by atoms with Gasteiger partial charge in [-0.25, -0.2) is 0 Å². The maximum atomic E-state index is 12.3. The summed E-state index contributed by atoms with van der Waals surface area (Å²) in [5.74, 6) is -0.0215. The van der Waals surface area contributed by atoms with Crippen LogP contribution >= 0.6 is 0 Å². The smallest absolute Gasteiger partial charge is 0.238 e. The average Bonchev–Trinajstić information content (AvgIpc) is 2.92. The lowest BCUT2D eigenvalue weighted by molar-refractivity contribution is -0.118. The summed E-state index contributed by atoms with van der Waals surface area (Å²) < 4.78 is 8.42. The number of piperidine rings is 1. The number of anilines is 1. The first kappa shape index (κ1) is 15.3. The molecule has 2 heterocycles. The van der Waals surface area contributed by atoms with Crippen molar-refractivity contribution in [2.75, 3.05) is 25.0 Å². The third kappa shape index (κ3) is 3.11. The molecular formula is C15H21N5OS. The van der Waals surface area contributed by atoms with Gasteiger partial charge < -0.3 is 11.1 Å². The zero-order valence-electron chi connectivity index (χ0n) is 12.9. The second-order valence-electron chi connectivity index (χ2n) is 6.58. The Bertz CT molecular complexity index is 666. The van der Waals surface area contributed by atoms with Crippen molar-refractivity contribution < 1.29 is 4.79 Å². The number of amides is 1. The van der Waals surface area contributed by atoms with Gasteiger partial charge >= 0.3 is 0 Å². The molecule has 1 aromatic carbocycles. The minimum atomic E-state index is -0.0215. The van der Waals surface area contributed by atoms with E-state index in [1.54, 1.807) is 0 Å². The molecule has 1 unspecified atom stereocenters. The van der Waals surface area contributed by atoms with Crippen LogP contribution in [0.15, 0.2) is 26.9 Å². The molecule has 7 heteroatoms. The van der Waals surface area contributed by atoms with E-state index in [4.69, 9.17) is 5.73 Å². The molecule has 3 N–H and O–H groups in total. The number of benzene rings is 1. The predicted molar refractivity (Wildman–Crippen MR) is 89.4 cm³/mol. The molecule has 1 aromatic rings. The van der Waals surface area contributed by atoms with Gasteiger partial charge in [0.2, 0.25) is 5.91 Å². The summed E-state index contributed by atoms with van der Waals surface area (Å²) >= 11 is 1.15. The Hall–Kier alpha value is -1.57. The molecule has 6 nitrogen and oxygen atoms in total. The number of nitrogens with one attached hydrogen (secondary N) is 1. The number of likely N-dealkylation sites (tertiary alicyclic amines) is 1. The number of rotatable bonds is 3. The summed E-state index contributed by atoms with van der Waals surface area (Å²) in [5.41, 5.74) is 8.47. The number of nitrogens with two attached hydrogens (primary N) is 1. The van der Waals surface area contributed by atoms with E-state index in [9.17, 15) is 4.79 Å². The molecular weight excluding hydrogens is 298 g/mol. The lowest BCUT2D eigenvalue weighted by Crippen LogP contribution is -2.53. The Labute approximate surface area is 134 Å². The van der Waals surface area contributed by atoms with Gasteiger partial charge in [-0.2, -0.15) is 8.73 Å². The zero-order valence-corrected chi connectivity index (χ0v) is 13.7.